The van der Waals surface area contributed by atoms with Crippen molar-refractivity contribution >= 4 is 39.2 Å². The molecule has 4 aromatic rings. The van der Waals surface area contributed by atoms with Crippen LogP contribution in [0.2, 0.25) is 0 Å². The summed E-state index contributed by atoms with van der Waals surface area (Å²) in [6, 6.07) is 7.90. The van der Waals surface area contributed by atoms with Crippen LogP contribution in [0.1, 0.15) is 60.4 Å². The highest BCUT2D eigenvalue weighted by Crippen LogP contribution is 2.44. The van der Waals surface area contributed by atoms with Crippen molar-refractivity contribution in [1.82, 2.24) is 4.90 Å². The number of nitrogens with zero attached hydrogens (tertiary/aromatic N) is 1. The van der Waals surface area contributed by atoms with Crippen LogP contribution in [0.4, 0.5) is 0 Å². The first kappa shape index (κ1) is 22.7. The standard InChI is InChI=1S/C29H21NO8/c1-12-8-16-18(10-17(12)36-3)38-27-22(23(16)31)26(34)21-15(24(27)32)5-4-13-9-14-11-29(2)30(6-7-37-29)28(35)20(14)25(33)19(13)21/h4-5,8-10,33H,6-7,11H2,1-3H3. The lowest BCUT2D eigenvalue weighted by Gasteiger charge is -2.39. The van der Waals surface area contributed by atoms with Crippen molar-refractivity contribution in [3.05, 3.63) is 79.7 Å². The first-order valence-corrected chi connectivity index (χ1v) is 12.2. The number of hydrogen-bond acceptors (Lipinski definition) is 8. The number of fused-ring (bicyclic) bond motifs is 7. The predicted octanol–water partition coefficient (Wildman–Crippen LogP) is 3.49. The minimum absolute atomic E-state index is 0.00979. The van der Waals surface area contributed by atoms with Crippen LogP contribution in [0.25, 0.3) is 21.7 Å². The van der Waals surface area contributed by atoms with Gasteiger partial charge in [-0.1, -0.05) is 6.07 Å². The van der Waals surface area contributed by atoms with Crippen molar-refractivity contribution in [2.45, 2.75) is 26.0 Å². The Balaban J connectivity index is 1.51. The SMILES string of the molecule is COc1cc2oc3c(c(=O)c2cc1C)C(=O)c1c(ccc2cc4c(c(O)c12)C(=O)N1CCOC1(C)C4)C3=O. The Morgan fingerprint density at radius 1 is 1.03 bits per heavy atom. The summed E-state index contributed by atoms with van der Waals surface area (Å²) in [4.78, 5) is 56.0. The van der Waals surface area contributed by atoms with Gasteiger partial charge in [-0.25, -0.2) is 0 Å². The van der Waals surface area contributed by atoms with Gasteiger partial charge in [0, 0.05) is 35.5 Å². The molecule has 38 heavy (non-hydrogen) atoms. The molecule has 1 N–H and O–H groups in total. The minimum Gasteiger partial charge on any atom is -0.506 e. The molecule has 7 rings (SSSR count). The molecule has 3 aromatic carbocycles. The third-order valence-corrected chi connectivity index (χ3v) is 7.95. The number of benzene rings is 3. The molecule has 9 nitrogen and oxygen atoms in total. The Morgan fingerprint density at radius 2 is 1.82 bits per heavy atom. The first-order chi connectivity index (χ1) is 18.1. The van der Waals surface area contributed by atoms with Gasteiger partial charge in [-0.2, -0.15) is 0 Å². The zero-order valence-corrected chi connectivity index (χ0v) is 20.8. The Kier molecular flexibility index (Phi) is 4.35. The summed E-state index contributed by atoms with van der Waals surface area (Å²) in [7, 11) is 1.48. The summed E-state index contributed by atoms with van der Waals surface area (Å²) in [5, 5.41) is 12.1. The number of rotatable bonds is 1. The van der Waals surface area contributed by atoms with E-state index in [2.05, 4.69) is 0 Å². The molecular weight excluding hydrogens is 490 g/mol. The maximum atomic E-state index is 13.9. The second kappa shape index (κ2) is 7.29. The monoisotopic (exact) mass is 511 g/mol. The zero-order valence-electron chi connectivity index (χ0n) is 20.8. The number of aryl methyl sites for hydroxylation is 1. The Labute approximate surface area is 215 Å². The molecule has 1 fully saturated rings. The fourth-order valence-electron chi connectivity index (χ4n) is 6.12. The highest BCUT2D eigenvalue weighted by molar-refractivity contribution is 6.32. The molecule has 9 heteroatoms. The normalized spacial score (nSPS) is 20.0. The second-order valence-electron chi connectivity index (χ2n) is 10.1. The van der Waals surface area contributed by atoms with Crippen molar-refractivity contribution < 1.29 is 33.4 Å². The van der Waals surface area contributed by atoms with Gasteiger partial charge in [-0.05, 0) is 48.6 Å². The Morgan fingerprint density at radius 3 is 2.58 bits per heavy atom. The fourth-order valence-corrected chi connectivity index (χ4v) is 6.12. The van der Waals surface area contributed by atoms with Crippen LogP contribution in [-0.4, -0.2) is 53.5 Å². The number of hydrogen-bond donors (Lipinski definition) is 1. The number of methoxy groups -OCH3 is 1. The van der Waals surface area contributed by atoms with Gasteiger partial charge in [0.15, 0.2) is 5.76 Å². The molecule has 3 aliphatic rings. The van der Waals surface area contributed by atoms with Gasteiger partial charge in [-0.3, -0.25) is 19.2 Å². The summed E-state index contributed by atoms with van der Waals surface area (Å²) >= 11 is 0. The van der Waals surface area contributed by atoms with Gasteiger partial charge >= 0.3 is 0 Å². The summed E-state index contributed by atoms with van der Waals surface area (Å²) in [6.07, 6.45) is 0.364. The molecule has 1 amide bonds. The molecule has 0 spiro atoms. The molecular formula is C29H21NO8. The van der Waals surface area contributed by atoms with Crippen LogP contribution in [0, 0.1) is 6.92 Å². The van der Waals surface area contributed by atoms with Crippen molar-refractivity contribution in [2.75, 3.05) is 20.3 Å². The number of carbonyl (C=O) groups excluding carboxylic acids is 3. The van der Waals surface area contributed by atoms with Gasteiger partial charge in [-0.15, -0.1) is 0 Å². The van der Waals surface area contributed by atoms with E-state index < -0.39 is 34.2 Å². The number of phenols is 1. The highest BCUT2D eigenvalue weighted by atomic mass is 16.5. The van der Waals surface area contributed by atoms with Crippen LogP contribution < -0.4 is 10.2 Å². The minimum atomic E-state index is -0.816. The Hall–Kier alpha value is -4.50. The van der Waals surface area contributed by atoms with Gasteiger partial charge in [0.25, 0.3) is 5.91 Å². The summed E-state index contributed by atoms with van der Waals surface area (Å²) < 4.78 is 17.0. The molecule has 1 aliphatic carbocycles. The topological polar surface area (TPSA) is 123 Å². The van der Waals surface area contributed by atoms with Gasteiger partial charge in [0.2, 0.25) is 17.0 Å². The Bertz CT molecular complexity index is 1880. The molecule has 0 radical (unpaired) electrons. The maximum absolute atomic E-state index is 13.9. The van der Waals surface area contributed by atoms with Gasteiger partial charge in [0.05, 0.1) is 24.7 Å². The third-order valence-electron chi connectivity index (χ3n) is 7.95. The highest BCUT2D eigenvalue weighted by Gasteiger charge is 2.48. The van der Waals surface area contributed by atoms with E-state index in [1.807, 2.05) is 6.92 Å². The molecule has 1 aromatic heterocycles. The number of amides is 1. The van der Waals surface area contributed by atoms with Gasteiger partial charge in [0.1, 0.15) is 28.4 Å². The summed E-state index contributed by atoms with van der Waals surface area (Å²) in [5.74, 6) is -2.07. The molecule has 2 aliphatic heterocycles. The van der Waals surface area contributed by atoms with E-state index in [0.717, 1.165) is 0 Å². The lowest BCUT2D eigenvalue weighted by molar-refractivity contribution is -0.0568. The van der Waals surface area contributed by atoms with Crippen LogP contribution >= 0.6 is 0 Å². The van der Waals surface area contributed by atoms with E-state index in [1.165, 1.54) is 19.2 Å². The van der Waals surface area contributed by atoms with Crippen molar-refractivity contribution in [3.8, 4) is 11.5 Å². The smallest absolute Gasteiger partial charge is 0.260 e. The molecule has 190 valence electrons. The number of phenolic OH excluding ortho intramolecular Hbond substituents is 1. The quantitative estimate of drug-likeness (QED) is 0.363. The van der Waals surface area contributed by atoms with Crippen LogP contribution in [0.3, 0.4) is 0 Å². The van der Waals surface area contributed by atoms with Crippen LogP contribution in [0.15, 0.2) is 39.5 Å². The average molecular weight is 511 g/mol. The first-order valence-electron chi connectivity index (χ1n) is 12.2. The van der Waals surface area contributed by atoms with Crippen molar-refractivity contribution in [2.24, 2.45) is 0 Å². The van der Waals surface area contributed by atoms with E-state index in [1.54, 1.807) is 30.0 Å². The van der Waals surface area contributed by atoms with Crippen molar-refractivity contribution in [3.63, 3.8) is 0 Å². The van der Waals surface area contributed by atoms with Crippen LogP contribution in [0.5, 0.6) is 11.5 Å². The van der Waals surface area contributed by atoms with Gasteiger partial charge < -0.3 is 23.9 Å². The average Bonchev–Trinajstić information content (AvgIpc) is 3.28. The van der Waals surface area contributed by atoms with Crippen LogP contribution in [-0.2, 0) is 11.2 Å². The lowest BCUT2D eigenvalue weighted by Crippen LogP contribution is -2.51. The molecule has 1 saturated heterocycles. The molecule has 0 bridgehead atoms. The fraction of sp³-hybridized carbons (Fsp3) is 0.241. The molecule has 1 unspecified atom stereocenters. The number of ketones is 2. The van der Waals surface area contributed by atoms with E-state index in [0.29, 0.717) is 41.8 Å². The largest absolute Gasteiger partial charge is 0.506 e. The van der Waals surface area contributed by atoms with E-state index in [9.17, 15) is 24.3 Å². The van der Waals surface area contributed by atoms with E-state index in [-0.39, 0.29) is 44.6 Å². The lowest BCUT2D eigenvalue weighted by atomic mass is 9.81. The summed E-state index contributed by atoms with van der Waals surface area (Å²) in [5.41, 5.74) is -0.528. The van der Waals surface area contributed by atoms with Crippen molar-refractivity contribution in [1.29, 1.82) is 0 Å². The van der Waals surface area contributed by atoms with E-state index >= 15 is 0 Å². The number of aromatic hydroxyl groups is 1. The zero-order chi connectivity index (χ0) is 26.7. The number of ether oxygens (including phenoxy) is 2. The third kappa shape index (κ3) is 2.68. The second-order valence-corrected chi connectivity index (χ2v) is 10.1. The van der Waals surface area contributed by atoms with E-state index in [4.69, 9.17) is 13.9 Å². The summed E-state index contributed by atoms with van der Waals surface area (Å²) in [6.45, 7) is 4.34. The molecule has 0 saturated carbocycles. The molecule has 3 heterocycles. The number of carbonyl (C=O) groups is 3. The molecule has 1 atom stereocenters. The maximum Gasteiger partial charge on any atom is 0.260 e. The predicted molar refractivity (Wildman–Crippen MR) is 135 cm³/mol.